The van der Waals surface area contributed by atoms with Gasteiger partial charge in [0.05, 0.1) is 11.5 Å². The van der Waals surface area contributed by atoms with E-state index in [1.807, 2.05) is 49.4 Å². The standard InChI is InChI=1S/C19H17ClN2O3S/c1-2-24-16-9-12(10-17-18(23)22-19(21)26-17)7-8-15(16)25-11-13-5-3-4-6-14(13)20/h3-10H,2,11H2,1H3,(H2,21,22,23)/b17-10-. The molecule has 0 aliphatic carbocycles. The molecule has 1 heterocycles. The van der Waals surface area contributed by atoms with E-state index in [0.717, 1.165) is 22.9 Å². The number of benzene rings is 2. The summed E-state index contributed by atoms with van der Waals surface area (Å²) < 4.78 is 11.6. The molecule has 0 bridgehead atoms. The number of thioether (sulfide) groups is 1. The number of aliphatic imine (C=N–C) groups is 1. The van der Waals surface area contributed by atoms with Crippen LogP contribution in [0.4, 0.5) is 0 Å². The molecule has 26 heavy (non-hydrogen) atoms. The molecule has 0 unspecified atom stereocenters. The second-order valence-electron chi connectivity index (χ2n) is 5.39. The van der Waals surface area contributed by atoms with Gasteiger partial charge in [0.15, 0.2) is 16.7 Å². The highest BCUT2D eigenvalue weighted by Crippen LogP contribution is 2.32. The smallest absolute Gasteiger partial charge is 0.286 e. The van der Waals surface area contributed by atoms with Crippen molar-refractivity contribution in [2.45, 2.75) is 13.5 Å². The fraction of sp³-hybridized carbons (Fsp3) is 0.158. The molecule has 1 aliphatic rings. The lowest BCUT2D eigenvalue weighted by Crippen LogP contribution is -2.01. The topological polar surface area (TPSA) is 73.9 Å². The van der Waals surface area contributed by atoms with Crippen LogP contribution in [0.3, 0.4) is 0 Å². The van der Waals surface area contributed by atoms with Crippen LogP contribution in [0.2, 0.25) is 5.02 Å². The third kappa shape index (κ3) is 4.39. The first kappa shape index (κ1) is 18.4. The predicted molar refractivity (Wildman–Crippen MR) is 106 cm³/mol. The van der Waals surface area contributed by atoms with Gasteiger partial charge in [-0.15, -0.1) is 0 Å². The quantitative estimate of drug-likeness (QED) is 0.749. The van der Waals surface area contributed by atoms with Crippen molar-refractivity contribution in [1.82, 2.24) is 0 Å². The fourth-order valence-electron chi connectivity index (χ4n) is 2.35. The minimum atomic E-state index is -0.329. The molecule has 3 rings (SSSR count). The number of amidine groups is 1. The van der Waals surface area contributed by atoms with E-state index in [0.29, 0.717) is 34.6 Å². The highest BCUT2D eigenvalue weighted by atomic mass is 35.5. The van der Waals surface area contributed by atoms with E-state index in [9.17, 15) is 4.79 Å². The van der Waals surface area contributed by atoms with Gasteiger partial charge in [0, 0.05) is 10.6 Å². The summed E-state index contributed by atoms with van der Waals surface area (Å²) in [6, 6.07) is 13.0. The maximum absolute atomic E-state index is 11.7. The van der Waals surface area contributed by atoms with Gasteiger partial charge in [-0.25, -0.2) is 0 Å². The Morgan fingerprint density at radius 3 is 2.69 bits per heavy atom. The number of carbonyl (C=O) groups excluding carboxylic acids is 1. The number of hydrogen-bond donors (Lipinski definition) is 1. The summed E-state index contributed by atoms with van der Waals surface area (Å²) in [5.74, 6) is 0.873. The molecule has 134 valence electrons. The second-order valence-corrected chi connectivity index (χ2v) is 6.85. The summed E-state index contributed by atoms with van der Waals surface area (Å²) in [6.07, 6.45) is 1.73. The summed E-state index contributed by atoms with van der Waals surface area (Å²) in [4.78, 5) is 15.9. The Labute approximate surface area is 160 Å². The van der Waals surface area contributed by atoms with Crippen LogP contribution in [0.1, 0.15) is 18.1 Å². The van der Waals surface area contributed by atoms with Crippen LogP contribution >= 0.6 is 23.4 Å². The van der Waals surface area contributed by atoms with Gasteiger partial charge in [0.25, 0.3) is 5.91 Å². The zero-order valence-electron chi connectivity index (χ0n) is 14.1. The third-order valence-electron chi connectivity index (χ3n) is 3.54. The number of halogens is 1. The minimum absolute atomic E-state index is 0.256. The van der Waals surface area contributed by atoms with E-state index in [2.05, 4.69) is 4.99 Å². The lowest BCUT2D eigenvalue weighted by atomic mass is 10.2. The van der Waals surface area contributed by atoms with Crippen molar-refractivity contribution in [1.29, 1.82) is 0 Å². The van der Waals surface area contributed by atoms with Crippen LogP contribution in [-0.2, 0) is 11.4 Å². The van der Waals surface area contributed by atoms with E-state index < -0.39 is 0 Å². The summed E-state index contributed by atoms with van der Waals surface area (Å²) in [6.45, 7) is 2.72. The number of rotatable bonds is 6. The molecule has 0 atom stereocenters. The highest BCUT2D eigenvalue weighted by Gasteiger charge is 2.19. The van der Waals surface area contributed by atoms with Gasteiger partial charge in [0.1, 0.15) is 6.61 Å². The predicted octanol–water partition coefficient (Wildman–Crippen LogP) is 4.25. The minimum Gasteiger partial charge on any atom is -0.490 e. The Balaban J connectivity index is 1.80. The average molecular weight is 389 g/mol. The molecule has 2 aromatic carbocycles. The SMILES string of the molecule is CCOc1cc(/C=C2\SC(N)=NC2=O)ccc1OCc1ccccc1Cl. The third-order valence-corrected chi connectivity index (χ3v) is 4.72. The van der Waals surface area contributed by atoms with Crippen LogP contribution in [0.25, 0.3) is 6.08 Å². The lowest BCUT2D eigenvalue weighted by Gasteiger charge is -2.13. The maximum atomic E-state index is 11.7. The van der Waals surface area contributed by atoms with Crippen LogP contribution in [0.5, 0.6) is 11.5 Å². The molecule has 0 fully saturated rings. The Kier molecular flexibility index (Phi) is 5.85. The molecule has 0 spiro atoms. The Hall–Kier alpha value is -2.44. The van der Waals surface area contributed by atoms with Gasteiger partial charge in [-0.1, -0.05) is 35.9 Å². The molecule has 5 nitrogen and oxygen atoms in total. The second kappa shape index (κ2) is 8.29. The number of ether oxygens (including phenoxy) is 2. The summed E-state index contributed by atoms with van der Waals surface area (Å²) in [7, 11) is 0. The van der Waals surface area contributed by atoms with E-state index >= 15 is 0 Å². The molecule has 0 saturated heterocycles. The van der Waals surface area contributed by atoms with E-state index in [1.54, 1.807) is 6.08 Å². The van der Waals surface area contributed by atoms with Gasteiger partial charge in [-0.2, -0.15) is 4.99 Å². The molecular formula is C19H17ClN2O3S. The maximum Gasteiger partial charge on any atom is 0.286 e. The van der Waals surface area contributed by atoms with Gasteiger partial charge >= 0.3 is 0 Å². The van der Waals surface area contributed by atoms with Crippen LogP contribution in [-0.4, -0.2) is 17.7 Å². The van der Waals surface area contributed by atoms with E-state index in [4.69, 9.17) is 26.8 Å². The summed E-state index contributed by atoms with van der Waals surface area (Å²) >= 11 is 7.32. The van der Waals surface area contributed by atoms with Gasteiger partial charge in [0.2, 0.25) is 0 Å². The van der Waals surface area contributed by atoms with Gasteiger partial charge in [-0.3, -0.25) is 4.79 Å². The van der Waals surface area contributed by atoms with Crippen molar-refractivity contribution in [3.8, 4) is 11.5 Å². The zero-order chi connectivity index (χ0) is 18.5. The van der Waals surface area contributed by atoms with Crippen molar-refractivity contribution < 1.29 is 14.3 Å². The Morgan fingerprint density at radius 1 is 1.19 bits per heavy atom. The van der Waals surface area contributed by atoms with Crippen LogP contribution < -0.4 is 15.2 Å². The molecule has 0 radical (unpaired) electrons. The fourth-order valence-corrected chi connectivity index (χ4v) is 3.22. The van der Waals surface area contributed by atoms with Gasteiger partial charge < -0.3 is 15.2 Å². The summed E-state index contributed by atoms with van der Waals surface area (Å²) in [5, 5.41) is 0.909. The van der Waals surface area contributed by atoms with Crippen molar-refractivity contribution in [3.63, 3.8) is 0 Å². The number of carbonyl (C=O) groups is 1. The van der Waals surface area contributed by atoms with Gasteiger partial charge in [-0.05, 0) is 48.5 Å². The summed E-state index contributed by atoms with van der Waals surface area (Å²) in [5.41, 5.74) is 7.27. The first-order valence-corrected chi connectivity index (χ1v) is 9.17. The first-order valence-electron chi connectivity index (χ1n) is 7.98. The van der Waals surface area contributed by atoms with Crippen molar-refractivity contribution in [2.75, 3.05) is 6.61 Å². The lowest BCUT2D eigenvalue weighted by molar-refractivity contribution is -0.113. The van der Waals surface area contributed by atoms with E-state index in [1.165, 1.54) is 0 Å². The Morgan fingerprint density at radius 2 is 2.00 bits per heavy atom. The van der Waals surface area contributed by atoms with Crippen molar-refractivity contribution >= 4 is 40.5 Å². The van der Waals surface area contributed by atoms with Crippen molar-refractivity contribution in [2.24, 2.45) is 10.7 Å². The Bertz CT molecular complexity index is 896. The molecule has 7 heteroatoms. The average Bonchev–Trinajstić information content (AvgIpc) is 2.93. The molecule has 0 saturated carbocycles. The monoisotopic (exact) mass is 388 g/mol. The number of hydrogen-bond acceptors (Lipinski definition) is 5. The largest absolute Gasteiger partial charge is 0.490 e. The number of nitrogens with zero attached hydrogens (tertiary/aromatic N) is 1. The zero-order valence-corrected chi connectivity index (χ0v) is 15.6. The number of amides is 1. The highest BCUT2D eigenvalue weighted by molar-refractivity contribution is 8.18. The molecule has 2 N–H and O–H groups in total. The first-order chi connectivity index (χ1) is 12.6. The molecular weight excluding hydrogens is 372 g/mol. The van der Waals surface area contributed by atoms with E-state index in [-0.39, 0.29) is 11.1 Å². The normalized spacial score (nSPS) is 15.2. The van der Waals surface area contributed by atoms with Crippen LogP contribution in [0.15, 0.2) is 52.4 Å². The molecule has 2 aromatic rings. The number of nitrogens with two attached hydrogens (primary N) is 1. The van der Waals surface area contributed by atoms with Crippen LogP contribution in [0, 0.1) is 0 Å². The molecule has 1 aliphatic heterocycles. The van der Waals surface area contributed by atoms with Crippen molar-refractivity contribution in [3.05, 3.63) is 63.5 Å². The molecule has 1 amide bonds. The molecule has 0 aromatic heterocycles.